The van der Waals surface area contributed by atoms with E-state index in [1.165, 1.54) is 44.5 Å². The summed E-state index contributed by atoms with van der Waals surface area (Å²) in [7, 11) is 0. The Kier molecular flexibility index (Phi) is 6.54. The zero-order valence-corrected chi connectivity index (χ0v) is 22.7. The maximum absolute atomic E-state index is 2.31. The minimum Gasteiger partial charge on any atom is -0.0619 e. The Bertz CT molecular complexity index is 1110. The Labute approximate surface area is 213 Å². The fourth-order valence-electron chi connectivity index (χ4n) is 5.05. The van der Waals surface area contributed by atoms with Crippen molar-refractivity contribution in [3.05, 3.63) is 119 Å². The molecule has 35 heavy (non-hydrogen) atoms. The molecule has 0 saturated heterocycles. The van der Waals surface area contributed by atoms with Gasteiger partial charge in [0, 0.05) is 0 Å². The second-order valence-electron chi connectivity index (χ2n) is 12.9. The molecule has 1 spiro atoms. The molecule has 6 rings (SSSR count). The van der Waals surface area contributed by atoms with E-state index in [0.29, 0.717) is 10.8 Å². The van der Waals surface area contributed by atoms with Crippen molar-refractivity contribution in [3.8, 4) is 22.3 Å². The Balaban J connectivity index is 0.000000248. The zero-order chi connectivity index (χ0) is 25.4. The second kappa shape index (κ2) is 9.15. The van der Waals surface area contributed by atoms with Crippen molar-refractivity contribution in [3.63, 3.8) is 0 Å². The maximum atomic E-state index is 2.31. The van der Waals surface area contributed by atoms with Crippen LogP contribution in [0.25, 0.3) is 22.3 Å². The van der Waals surface area contributed by atoms with Crippen LogP contribution in [0.1, 0.15) is 77.6 Å². The molecular formula is C35H40. The van der Waals surface area contributed by atoms with Crippen molar-refractivity contribution < 1.29 is 0 Å². The van der Waals surface area contributed by atoms with E-state index in [-0.39, 0.29) is 5.41 Å². The van der Waals surface area contributed by atoms with E-state index < -0.39 is 0 Å². The number of fused-ring (bicyclic) bond motifs is 10. The molecule has 180 valence electrons. The molecule has 4 aromatic rings. The molecule has 0 aromatic heterocycles. The predicted octanol–water partition coefficient (Wildman–Crippen LogP) is 10.1. The summed E-state index contributed by atoms with van der Waals surface area (Å²) in [6.07, 6.45) is 0. The lowest BCUT2D eigenvalue weighted by Crippen LogP contribution is -2.25. The third-order valence-corrected chi connectivity index (χ3v) is 5.90. The van der Waals surface area contributed by atoms with Gasteiger partial charge in [0.1, 0.15) is 0 Å². The highest BCUT2D eigenvalue weighted by Crippen LogP contribution is 2.62. The molecule has 0 aliphatic heterocycles. The summed E-state index contributed by atoms with van der Waals surface area (Å²) in [6, 6.07) is 35.7. The molecule has 0 atom stereocenters. The van der Waals surface area contributed by atoms with Crippen LogP contribution in [0.4, 0.5) is 0 Å². The molecule has 2 aliphatic carbocycles. The van der Waals surface area contributed by atoms with E-state index in [0.717, 1.165) is 0 Å². The van der Waals surface area contributed by atoms with Crippen LogP contribution in [0.3, 0.4) is 0 Å². The fourth-order valence-corrected chi connectivity index (χ4v) is 5.05. The molecule has 0 nitrogen and oxygen atoms in total. The first-order chi connectivity index (χ1) is 16.4. The first-order valence-corrected chi connectivity index (χ1v) is 12.8. The molecule has 0 heteroatoms. The van der Waals surface area contributed by atoms with Gasteiger partial charge >= 0.3 is 0 Å². The molecule has 4 aromatic carbocycles. The van der Waals surface area contributed by atoms with Crippen molar-refractivity contribution in [2.45, 2.75) is 60.8 Å². The maximum Gasteiger partial charge on any atom is 0.0725 e. The molecular weight excluding hydrogens is 420 g/mol. The third-order valence-electron chi connectivity index (χ3n) is 5.90. The van der Waals surface area contributed by atoms with Gasteiger partial charge in [0.15, 0.2) is 0 Å². The van der Waals surface area contributed by atoms with E-state index >= 15 is 0 Å². The van der Waals surface area contributed by atoms with Crippen molar-refractivity contribution in [1.82, 2.24) is 0 Å². The summed E-state index contributed by atoms with van der Waals surface area (Å²) in [5, 5.41) is 0. The molecule has 0 fully saturated rings. The quantitative estimate of drug-likeness (QED) is 0.211. The topological polar surface area (TPSA) is 0 Å². The normalized spacial score (nSPS) is 13.9. The van der Waals surface area contributed by atoms with Crippen LogP contribution in [0.5, 0.6) is 0 Å². The Morgan fingerprint density at radius 2 is 0.514 bits per heavy atom. The van der Waals surface area contributed by atoms with Gasteiger partial charge in [0.05, 0.1) is 5.41 Å². The van der Waals surface area contributed by atoms with Crippen LogP contribution in [0.15, 0.2) is 97.1 Å². The van der Waals surface area contributed by atoms with Crippen LogP contribution in [-0.2, 0) is 5.41 Å². The SMILES string of the molecule is CC(C)(C)C.CC(C)(C)C.c1ccc2c(c1)-c1ccccc1C21c2ccccc2-c2ccccc21. The number of hydrogen-bond donors (Lipinski definition) is 0. The lowest BCUT2D eigenvalue weighted by Gasteiger charge is -2.30. The molecule has 0 heterocycles. The van der Waals surface area contributed by atoms with E-state index in [9.17, 15) is 0 Å². The smallest absolute Gasteiger partial charge is 0.0619 e. The lowest BCUT2D eigenvalue weighted by atomic mass is 9.70. The second-order valence-corrected chi connectivity index (χ2v) is 12.9. The van der Waals surface area contributed by atoms with Crippen LogP contribution >= 0.6 is 0 Å². The monoisotopic (exact) mass is 460 g/mol. The first-order valence-electron chi connectivity index (χ1n) is 12.8. The van der Waals surface area contributed by atoms with Gasteiger partial charge in [-0.15, -0.1) is 0 Å². The van der Waals surface area contributed by atoms with Gasteiger partial charge in [-0.3, -0.25) is 0 Å². The zero-order valence-electron chi connectivity index (χ0n) is 22.7. The summed E-state index contributed by atoms with van der Waals surface area (Å²) < 4.78 is 0. The molecule has 0 bridgehead atoms. The Morgan fingerprint density at radius 1 is 0.343 bits per heavy atom. The predicted molar refractivity (Wildman–Crippen MR) is 153 cm³/mol. The van der Waals surface area contributed by atoms with Crippen molar-refractivity contribution in [2.24, 2.45) is 10.8 Å². The van der Waals surface area contributed by atoms with Crippen molar-refractivity contribution in [2.75, 3.05) is 0 Å². The largest absolute Gasteiger partial charge is 0.0725 e. The van der Waals surface area contributed by atoms with Gasteiger partial charge in [-0.05, 0) is 55.3 Å². The minimum atomic E-state index is -0.180. The van der Waals surface area contributed by atoms with E-state index in [2.05, 4.69) is 152 Å². The summed E-state index contributed by atoms with van der Waals surface area (Å²) >= 11 is 0. The average Bonchev–Trinajstić information content (AvgIpc) is 3.25. The number of rotatable bonds is 0. The Hall–Kier alpha value is -3.12. The number of benzene rings is 4. The number of hydrogen-bond acceptors (Lipinski definition) is 0. The van der Waals surface area contributed by atoms with Gasteiger partial charge in [-0.2, -0.15) is 0 Å². The van der Waals surface area contributed by atoms with Gasteiger partial charge < -0.3 is 0 Å². The van der Waals surface area contributed by atoms with Crippen LogP contribution in [0, 0.1) is 10.8 Å². The van der Waals surface area contributed by atoms with Gasteiger partial charge in [-0.25, -0.2) is 0 Å². The molecule has 0 N–H and O–H groups in total. The molecule has 0 radical (unpaired) electrons. The standard InChI is InChI=1S/C25H16.2C5H12/c1-5-13-21-17(9-1)18-10-2-6-14-22(18)25(21)23-15-7-3-11-19(23)20-12-4-8-16-24(20)25;2*1-5(2,3)4/h1-16H;2*1-4H3. The van der Waals surface area contributed by atoms with Gasteiger partial charge in [0.2, 0.25) is 0 Å². The summed E-state index contributed by atoms with van der Waals surface area (Å²) in [6.45, 7) is 17.5. The van der Waals surface area contributed by atoms with Crippen molar-refractivity contribution in [1.29, 1.82) is 0 Å². The third kappa shape index (κ3) is 4.85. The Morgan fingerprint density at radius 3 is 0.714 bits per heavy atom. The van der Waals surface area contributed by atoms with Crippen molar-refractivity contribution >= 4 is 0 Å². The lowest BCUT2D eigenvalue weighted by molar-refractivity contribution is 0.469. The summed E-state index contributed by atoms with van der Waals surface area (Å²) in [4.78, 5) is 0. The first kappa shape index (κ1) is 25.0. The van der Waals surface area contributed by atoms with Crippen LogP contribution in [0.2, 0.25) is 0 Å². The summed E-state index contributed by atoms with van der Waals surface area (Å²) in [5.74, 6) is 0. The van der Waals surface area contributed by atoms with Crippen LogP contribution < -0.4 is 0 Å². The van der Waals surface area contributed by atoms with E-state index in [4.69, 9.17) is 0 Å². The van der Waals surface area contributed by atoms with E-state index in [1.807, 2.05) is 0 Å². The van der Waals surface area contributed by atoms with Crippen LogP contribution in [-0.4, -0.2) is 0 Å². The highest BCUT2D eigenvalue weighted by Gasteiger charge is 2.51. The average molecular weight is 461 g/mol. The minimum absolute atomic E-state index is 0.180. The van der Waals surface area contributed by atoms with Gasteiger partial charge in [0.25, 0.3) is 0 Å². The molecule has 0 saturated carbocycles. The highest BCUT2D eigenvalue weighted by molar-refractivity contribution is 5.94. The molecule has 2 aliphatic rings. The highest BCUT2D eigenvalue weighted by atomic mass is 14.5. The summed E-state index contributed by atoms with van der Waals surface area (Å²) in [5.41, 5.74) is 11.9. The van der Waals surface area contributed by atoms with E-state index in [1.54, 1.807) is 0 Å². The fraction of sp³-hybridized carbons (Fsp3) is 0.314. The molecule has 0 unspecified atom stereocenters. The van der Waals surface area contributed by atoms with Gasteiger partial charge in [-0.1, -0.05) is 152 Å². The molecule has 0 amide bonds.